The first kappa shape index (κ1) is 9.70. The molecule has 2 N–H and O–H groups in total. The lowest BCUT2D eigenvalue weighted by Gasteiger charge is -2.18. The van der Waals surface area contributed by atoms with Crippen LogP contribution in [0, 0.1) is 0 Å². The number of hydrogen-bond acceptors (Lipinski definition) is 5. The molecule has 6 nitrogen and oxygen atoms in total. The highest BCUT2D eigenvalue weighted by Crippen LogP contribution is 2.28. The molecule has 0 bridgehead atoms. The van der Waals surface area contributed by atoms with Crippen LogP contribution in [-0.4, -0.2) is 33.7 Å². The van der Waals surface area contributed by atoms with Gasteiger partial charge in [0.1, 0.15) is 0 Å². The van der Waals surface area contributed by atoms with Crippen LogP contribution in [0.2, 0.25) is 0 Å². The smallest absolute Gasteiger partial charge is 0.280 e. The summed E-state index contributed by atoms with van der Waals surface area (Å²) in [7, 11) is 0. The standard InChI is InChI=1S/C9H12N4O2/c1-2-5-13(6-3-4-6)9(14)7-8(10)12-15-11-7/h2,6H,1,3-5H2,(H2,10,12). The summed E-state index contributed by atoms with van der Waals surface area (Å²) in [5.41, 5.74) is 5.54. The number of rotatable bonds is 4. The lowest BCUT2D eigenvalue weighted by molar-refractivity contribution is 0.0752. The van der Waals surface area contributed by atoms with Gasteiger partial charge >= 0.3 is 0 Å². The van der Waals surface area contributed by atoms with Gasteiger partial charge in [0.25, 0.3) is 5.91 Å². The van der Waals surface area contributed by atoms with Crippen molar-refractivity contribution < 1.29 is 9.42 Å². The van der Waals surface area contributed by atoms with Gasteiger partial charge < -0.3 is 10.6 Å². The van der Waals surface area contributed by atoms with Crippen LogP contribution in [0.1, 0.15) is 23.3 Å². The predicted molar refractivity (Wildman–Crippen MR) is 53.0 cm³/mol. The number of carbonyl (C=O) groups excluding carboxylic acids is 1. The van der Waals surface area contributed by atoms with Gasteiger partial charge in [-0.1, -0.05) is 6.08 Å². The quantitative estimate of drug-likeness (QED) is 0.726. The molecular weight excluding hydrogens is 196 g/mol. The molecule has 0 atom stereocenters. The van der Waals surface area contributed by atoms with Crippen molar-refractivity contribution in [3.05, 3.63) is 18.3 Å². The van der Waals surface area contributed by atoms with E-state index in [9.17, 15) is 4.79 Å². The van der Waals surface area contributed by atoms with Crippen molar-refractivity contribution >= 4 is 11.7 Å². The van der Waals surface area contributed by atoms with Gasteiger partial charge in [0.2, 0.25) is 11.5 Å². The van der Waals surface area contributed by atoms with E-state index >= 15 is 0 Å². The molecule has 0 saturated heterocycles. The van der Waals surface area contributed by atoms with Crippen LogP contribution in [0.5, 0.6) is 0 Å². The number of amides is 1. The number of nitrogen functional groups attached to an aromatic ring is 1. The summed E-state index contributed by atoms with van der Waals surface area (Å²) >= 11 is 0. The van der Waals surface area contributed by atoms with Crippen LogP contribution < -0.4 is 5.73 Å². The van der Waals surface area contributed by atoms with Crippen molar-refractivity contribution in [3.63, 3.8) is 0 Å². The summed E-state index contributed by atoms with van der Waals surface area (Å²) in [6.07, 6.45) is 3.72. The normalized spacial score (nSPS) is 14.9. The van der Waals surface area contributed by atoms with Crippen LogP contribution in [0.3, 0.4) is 0 Å². The molecule has 1 aliphatic rings. The molecule has 0 unspecified atom stereocenters. The zero-order chi connectivity index (χ0) is 10.8. The molecule has 1 amide bonds. The highest BCUT2D eigenvalue weighted by Gasteiger charge is 2.34. The Kier molecular flexibility index (Phi) is 2.40. The molecular formula is C9H12N4O2. The SMILES string of the molecule is C=CCN(C(=O)c1nonc1N)C1CC1. The number of anilines is 1. The van der Waals surface area contributed by atoms with E-state index in [1.54, 1.807) is 11.0 Å². The Labute approximate surface area is 86.7 Å². The summed E-state index contributed by atoms with van der Waals surface area (Å²) in [5, 5.41) is 6.87. The lowest BCUT2D eigenvalue weighted by Crippen LogP contribution is -2.33. The number of nitrogens with zero attached hydrogens (tertiary/aromatic N) is 3. The maximum atomic E-state index is 11.9. The Bertz CT molecular complexity index is 383. The van der Waals surface area contributed by atoms with Gasteiger partial charge in [-0.25, -0.2) is 4.63 Å². The molecule has 80 valence electrons. The van der Waals surface area contributed by atoms with Crippen molar-refractivity contribution in [1.82, 2.24) is 15.2 Å². The molecule has 6 heteroatoms. The van der Waals surface area contributed by atoms with Gasteiger partial charge in [0.05, 0.1) is 0 Å². The molecule has 1 heterocycles. The molecule has 15 heavy (non-hydrogen) atoms. The molecule has 1 aromatic heterocycles. The van der Waals surface area contributed by atoms with Gasteiger partial charge in [0, 0.05) is 12.6 Å². The summed E-state index contributed by atoms with van der Waals surface area (Å²) in [6, 6.07) is 0.284. The Balaban J connectivity index is 2.17. The molecule has 1 aromatic rings. The lowest BCUT2D eigenvalue weighted by atomic mass is 10.3. The van der Waals surface area contributed by atoms with Crippen LogP contribution in [-0.2, 0) is 0 Å². The van der Waals surface area contributed by atoms with Crippen molar-refractivity contribution in [2.24, 2.45) is 0 Å². The average molecular weight is 208 g/mol. The van der Waals surface area contributed by atoms with E-state index in [0.29, 0.717) is 6.54 Å². The molecule has 1 aliphatic carbocycles. The van der Waals surface area contributed by atoms with Crippen molar-refractivity contribution in [3.8, 4) is 0 Å². The first-order valence-electron chi connectivity index (χ1n) is 4.74. The molecule has 1 fully saturated rings. The zero-order valence-corrected chi connectivity index (χ0v) is 8.22. The van der Waals surface area contributed by atoms with E-state index in [4.69, 9.17) is 5.73 Å². The molecule has 0 radical (unpaired) electrons. The second-order valence-electron chi connectivity index (χ2n) is 3.48. The highest BCUT2D eigenvalue weighted by atomic mass is 16.6. The number of aromatic nitrogens is 2. The maximum absolute atomic E-state index is 11.9. The summed E-state index contributed by atoms with van der Waals surface area (Å²) in [5.74, 6) is -0.203. The monoisotopic (exact) mass is 208 g/mol. The number of hydrogen-bond donors (Lipinski definition) is 1. The highest BCUT2D eigenvalue weighted by molar-refractivity contribution is 5.96. The van der Waals surface area contributed by atoms with Crippen LogP contribution in [0.15, 0.2) is 17.3 Å². The molecule has 2 rings (SSSR count). The summed E-state index contributed by atoms with van der Waals surface area (Å²) in [6.45, 7) is 4.11. The van der Waals surface area contributed by atoms with Crippen molar-refractivity contribution in [1.29, 1.82) is 0 Å². The second-order valence-corrected chi connectivity index (χ2v) is 3.48. The topological polar surface area (TPSA) is 85.2 Å². The van der Waals surface area contributed by atoms with Crippen LogP contribution in [0.4, 0.5) is 5.82 Å². The summed E-state index contributed by atoms with van der Waals surface area (Å²) < 4.78 is 4.40. The first-order chi connectivity index (χ1) is 7.24. The minimum absolute atomic E-state index is 0.0368. The van der Waals surface area contributed by atoms with Gasteiger partial charge in [0.15, 0.2) is 0 Å². The van der Waals surface area contributed by atoms with E-state index in [-0.39, 0.29) is 23.5 Å². The Morgan fingerprint density at radius 2 is 2.40 bits per heavy atom. The fraction of sp³-hybridized carbons (Fsp3) is 0.444. The zero-order valence-electron chi connectivity index (χ0n) is 8.22. The van der Waals surface area contributed by atoms with E-state index in [2.05, 4.69) is 21.5 Å². The van der Waals surface area contributed by atoms with Gasteiger partial charge in [-0.3, -0.25) is 4.79 Å². The van der Waals surface area contributed by atoms with Crippen molar-refractivity contribution in [2.75, 3.05) is 12.3 Å². The van der Waals surface area contributed by atoms with E-state index in [0.717, 1.165) is 12.8 Å². The largest absolute Gasteiger partial charge is 0.379 e. The molecule has 0 aromatic carbocycles. The fourth-order valence-electron chi connectivity index (χ4n) is 1.40. The van der Waals surface area contributed by atoms with Gasteiger partial charge in [-0.2, -0.15) is 0 Å². The Morgan fingerprint density at radius 3 is 2.87 bits per heavy atom. The third-order valence-electron chi connectivity index (χ3n) is 2.29. The Morgan fingerprint density at radius 1 is 1.67 bits per heavy atom. The molecule has 1 saturated carbocycles. The Hall–Kier alpha value is -1.85. The first-order valence-corrected chi connectivity index (χ1v) is 4.74. The van der Waals surface area contributed by atoms with Gasteiger partial charge in [-0.15, -0.1) is 6.58 Å². The fourth-order valence-corrected chi connectivity index (χ4v) is 1.40. The van der Waals surface area contributed by atoms with E-state index in [1.807, 2.05) is 0 Å². The van der Waals surface area contributed by atoms with Crippen molar-refractivity contribution in [2.45, 2.75) is 18.9 Å². The van der Waals surface area contributed by atoms with Crippen LogP contribution in [0.25, 0.3) is 0 Å². The minimum atomic E-state index is -0.240. The number of nitrogens with two attached hydrogens (primary N) is 1. The third-order valence-corrected chi connectivity index (χ3v) is 2.29. The van der Waals surface area contributed by atoms with Crippen LogP contribution >= 0.6 is 0 Å². The maximum Gasteiger partial charge on any atom is 0.280 e. The van der Waals surface area contributed by atoms with E-state index < -0.39 is 0 Å². The summed E-state index contributed by atoms with van der Waals surface area (Å²) in [4.78, 5) is 13.6. The minimum Gasteiger partial charge on any atom is -0.379 e. The van der Waals surface area contributed by atoms with E-state index in [1.165, 1.54) is 0 Å². The average Bonchev–Trinajstić information content (AvgIpc) is 2.97. The second kappa shape index (κ2) is 3.72. The predicted octanol–water partition coefficient (Wildman–Crippen LogP) is 0.442. The number of carbonyl (C=O) groups is 1. The third kappa shape index (κ3) is 1.83. The molecule has 0 aliphatic heterocycles. The van der Waals surface area contributed by atoms with Gasteiger partial charge in [-0.05, 0) is 23.2 Å². The molecule has 0 spiro atoms.